The fraction of sp³-hybridized carbons (Fsp3) is 0.177. The number of aryl methyl sites for hydroxylation is 1. The molecule has 0 saturated heterocycles. The van der Waals surface area contributed by atoms with Gasteiger partial charge < -0.3 is 4.57 Å². The van der Waals surface area contributed by atoms with Gasteiger partial charge in [0.25, 0.3) is 0 Å². The van der Waals surface area contributed by atoms with Crippen molar-refractivity contribution in [1.82, 2.24) is 19.5 Å². The van der Waals surface area contributed by atoms with Gasteiger partial charge in [-0.1, -0.05) is 139 Å². The molecule has 5 aliphatic carbocycles. The van der Waals surface area contributed by atoms with E-state index < -0.39 is 0 Å². The van der Waals surface area contributed by atoms with Crippen molar-refractivity contribution in [2.45, 2.75) is 44.4 Å². The van der Waals surface area contributed by atoms with Crippen LogP contribution in [-0.2, 0) is 5.41 Å². The Morgan fingerprint density at radius 2 is 0.939 bits per heavy atom. The number of hydrogen-bond donors (Lipinski definition) is 0. The van der Waals surface area contributed by atoms with Crippen LogP contribution in [0.1, 0.15) is 48.8 Å². The van der Waals surface area contributed by atoms with Gasteiger partial charge in [0.2, 0.25) is 0 Å². The van der Waals surface area contributed by atoms with Crippen LogP contribution in [0.5, 0.6) is 0 Å². The lowest BCUT2D eigenvalue weighted by atomic mass is 9.43. The molecule has 10 aromatic rings. The molecule has 8 aromatic carbocycles. The Kier molecular flexibility index (Phi) is 8.35. The second-order valence-corrected chi connectivity index (χ2v) is 19.7. The number of benzene rings is 8. The number of aromatic nitrogens is 4. The summed E-state index contributed by atoms with van der Waals surface area (Å²) in [5.41, 5.74) is 18.6. The van der Waals surface area contributed by atoms with Gasteiger partial charge in [0, 0.05) is 38.6 Å². The summed E-state index contributed by atoms with van der Waals surface area (Å²) in [7, 11) is 0. The highest BCUT2D eigenvalue weighted by atomic mass is 15.0. The van der Waals surface area contributed by atoms with Gasteiger partial charge in [-0.2, -0.15) is 0 Å². The Bertz CT molecular complexity index is 3470. The summed E-state index contributed by atoms with van der Waals surface area (Å²) in [6.45, 7) is 2.26. The van der Waals surface area contributed by atoms with Gasteiger partial charge in [0.1, 0.15) is 0 Å². The highest BCUT2D eigenvalue weighted by Crippen LogP contribution is 2.69. The van der Waals surface area contributed by atoms with E-state index in [2.05, 4.69) is 163 Å². The Balaban J connectivity index is 0.996. The molecular weight excluding hydrogens is 801 g/mol. The van der Waals surface area contributed by atoms with E-state index in [0.717, 1.165) is 45.3 Å². The number of hydrogen-bond acceptors (Lipinski definition) is 3. The first kappa shape index (κ1) is 37.9. The van der Waals surface area contributed by atoms with Gasteiger partial charge >= 0.3 is 0 Å². The van der Waals surface area contributed by atoms with Gasteiger partial charge in [0.05, 0.1) is 11.0 Å². The zero-order valence-corrected chi connectivity index (χ0v) is 37.0. The van der Waals surface area contributed by atoms with Crippen LogP contribution >= 0.6 is 0 Å². The fourth-order valence-corrected chi connectivity index (χ4v) is 13.5. The SMILES string of the molecule is Cc1ccc2c(c1)-c1ccc(-c3cc(-c4ccc5c(c4)c4ccccc4n5-c4ccccc4)cc(-c4nc(-c5ccccc5)nc(-c5ccccc5)n4)c3)cc1C21C2CC3CC(C2)CC1C3. The molecule has 0 radical (unpaired) electrons. The Morgan fingerprint density at radius 3 is 1.61 bits per heavy atom. The monoisotopic (exact) mass is 848 g/mol. The van der Waals surface area contributed by atoms with Crippen molar-refractivity contribution >= 4 is 21.8 Å². The Morgan fingerprint density at radius 1 is 0.394 bits per heavy atom. The summed E-state index contributed by atoms with van der Waals surface area (Å²) in [6.07, 6.45) is 6.89. The normalized spacial score (nSPS) is 21.2. The molecule has 4 nitrogen and oxygen atoms in total. The van der Waals surface area contributed by atoms with Crippen molar-refractivity contribution < 1.29 is 0 Å². The van der Waals surface area contributed by atoms with E-state index >= 15 is 0 Å². The average molecular weight is 849 g/mol. The molecule has 5 aliphatic rings. The summed E-state index contributed by atoms with van der Waals surface area (Å²) >= 11 is 0. The largest absolute Gasteiger partial charge is 0.309 e. The van der Waals surface area contributed by atoms with Crippen LogP contribution in [0.2, 0.25) is 0 Å². The Labute approximate surface area is 385 Å². The van der Waals surface area contributed by atoms with Crippen LogP contribution in [-0.4, -0.2) is 19.5 Å². The molecule has 0 atom stereocenters. The second kappa shape index (κ2) is 14.5. The zero-order valence-electron chi connectivity index (χ0n) is 37.0. The molecule has 0 N–H and O–H groups in total. The third-order valence-electron chi connectivity index (χ3n) is 16.0. The molecule has 0 unspecified atom stereocenters. The number of para-hydroxylation sites is 2. The van der Waals surface area contributed by atoms with Crippen molar-refractivity contribution in [3.63, 3.8) is 0 Å². The summed E-state index contributed by atoms with van der Waals surface area (Å²) in [4.78, 5) is 15.6. The van der Waals surface area contributed by atoms with E-state index in [1.807, 2.05) is 36.4 Å². The van der Waals surface area contributed by atoms with Crippen molar-refractivity contribution in [2.75, 3.05) is 0 Å². The lowest BCUT2D eigenvalue weighted by molar-refractivity contribution is -0.0399. The average Bonchev–Trinajstić information content (AvgIpc) is 3.85. The first-order valence-corrected chi connectivity index (χ1v) is 23.9. The lowest BCUT2D eigenvalue weighted by Crippen LogP contribution is -2.55. The van der Waals surface area contributed by atoms with Crippen LogP contribution in [0.15, 0.2) is 188 Å². The van der Waals surface area contributed by atoms with E-state index in [-0.39, 0.29) is 5.41 Å². The topological polar surface area (TPSA) is 43.6 Å². The maximum absolute atomic E-state index is 5.28. The molecule has 4 saturated carbocycles. The molecular formula is C62H48N4. The molecule has 1 spiro atoms. The van der Waals surface area contributed by atoms with Crippen LogP contribution in [0.25, 0.3) is 95.0 Å². The molecule has 0 aliphatic heterocycles. The predicted octanol–water partition coefficient (Wildman–Crippen LogP) is 15.3. The Hall–Kier alpha value is -7.43. The van der Waals surface area contributed by atoms with Crippen LogP contribution in [0.4, 0.5) is 0 Å². The van der Waals surface area contributed by atoms with Gasteiger partial charge in [-0.25, -0.2) is 15.0 Å². The maximum atomic E-state index is 5.28. The summed E-state index contributed by atoms with van der Waals surface area (Å²) < 4.78 is 2.39. The molecule has 4 bridgehead atoms. The highest BCUT2D eigenvalue weighted by Gasteiger charge is 2.61. The quantitative estimate of drug-likeness (QED) is 0.167. The van der Waals surface area contributed by atoms with Crippen LogP contribution in [0, 0.1) is 30.6 Å². The number of fused-ring (bicyclic) bond motifs is 6. The van der Waals surface area contributed by atoms with Crippen LogP contribution in [0.3, 0.4) is 0 Å². The fourth-order valence-electron chi connectivity index (χ4n) is 13.5. The summed E-state index contributed by atoms with van der Waals surface area (Å²) in [5, 5.41) is 2.47. The first-order chi connectivity index (χ1) is 32.5. The maximum Gasteiger partial charge on any atom is 0.164 e. The van der Waals surface area contributed by atoms with Crippen molar-refractivity contribution in [3.05, 3.63) is 205 Å². The first-order valence-electron chi connectivity index (χ1n) is 23.9. The molecule has 2 heterocycles. The van der Waals surface area contributed by atoms with Crippen molar-refractivity contribution in [3.8, 4) is 73.2 Å². The molecule has 316 valence electrons. The molecule has 0 amide bonds. The minimum Gasteiger partial charge on any atom is -0.309 e. The standard InChI is InChI=1S/C62H48N4/c1-38-21-25-55-53(27-38)51-24-22-44(37-56(51)62(55)48-29-39-28-40(31-48)32-49(62)30-39)46-33-45(43-23-26-58-54(36-43)52-19-11-12-20-57(52)66(58)50-17-9-4-10-18-50)34-47(35-46)61-64-59(41-13-5-2-6-14-41)63-60(65-61)42-15-7-3-8-16-42/h2-27,33-37,39-40,48-49H,28-32H2,1H3. The van der Waals surface area contributed by atoms with Gasteiger partial charge in [-0.15, -0.1) is 0 Å². The highest BCUT2D eigenvalue weighted by molar-refractivity contribution is 6.10. The minimum atomic E-state index is 0.0730. The second-order valence-electron chi connectivity index (χ2n) is 19.7. The summed E-state index contributed by atoms with van der Waals surface area (Å²) in [5.74, 6) is 5.15. The van der Waals surface area contributed by atoms with Gasteiger partial charge in [0.15, 0.2) is 17.5 Å². The van der Waals surface area contributed by atoms with Crippen molar-refractivity contribution in [2.24, 2.45) is 23.7 Å². The predicted molar refractivity (Wildman–Crippen MR) is 269 cm³/mol. The molecule has 66 heavy (non-hydrogen) atoms. The van der Waals surface area contributed by atoms with E-state index in [1.54, 1.807) is 11.1 Å². The molecule has 4 heteroatoms. The third-order valence-corrected chi connectivity index (χ3v) is 16.0. The minimum absolute atomic E-state index is 0.0730. The lowest BCUT2D eigenvalue weighted by Gasteiger charge is -2.61. The van der Waals surface area contributed by atoms with E-state index in [1.165, 1.54) is 81.7 Å². The van der Waals surface area contributed by atoms with E-state index in [9.17, 15) is 0 Å². The third kappa shape index (κ3) is 5.73. The van der Waals surface area contributed by atoms with Gasteiger partial charge in [-0.05, 0) is 162 Å². The molecule has 2 aromatic heterocycles. The number of rotatable bonds is 6. The molecule has 4 fully saturated rings. The van der Waals surface area contributed by atoms with Gasteiger partial charge in [-0.3, -0.25) is 0 Å². The smallest absolute Gasteiger partial charge is 0.164 e. The summed E-state index contributed by atoms with van der Waals surface area (Å²) in [6, 6.07) is 69.0. The van der Waals surface area contributed by atoms with Crippen LogP contribution < -0.4 is 0 Å². The number of nitrogens with zero attached hydrogens (tertiary/aromatic N) is 4. The van der Waals surface area contributed by atoms with E-state index in [0.29, 0.717) is 29.3 Å². The molecule has 15 rings (SSSR count). The zero-order chi connectivity index (χ0) is 43.5. The van der Waals surface area contributed by atoms with Crippen molar-refractivity contribution in [1.29, 1.82) is 0 Å². The van der Waals surface area contributed by atoms with E-state index in [4.69, 9.17) is 15.0 Å².